The van der Waals surface area contributed by atoms with Gasteiger partial charge in [0.15, 0.2) is 11.6 Å². The number of nitrogens with zero attached hydrogens (tertiary/aromatic N) is 1. The van der Waals surface area contributed by atoms with Crippen molar-refractivity contribution < 1.29 is 45.4 Å². The summed E-state index contributed by atoms with van der Waals surface area (Å²) < 4.78 is 95.8. The largest absolute Gasteiger partial charge is 0.486 e. The molecule has 1 unspecified atom stereocenters. The Kier molecular flexibility index (Phi) is 9.63. The Labute approximate surface area is 225 Å². The van der Waals surface area contributed by atoms with E-state index in [2.05, 4.69) is 0 Å². The smallest absolute Gasteiger partial charge is 0.347 e. The van der Waals surface area contributed by atoms with Crippen LogP contribution in [0.25, 0.3) is 10.1 Å². The fourth-order valence-corrected chi connectivity index (χ4v) is 8.20. The van der Waals surface area contributed by atoms with Crippen LogP contribution in [0.2, 0.25) is 0 Å². The van der Waals surface area contributed by atoms with Crippen LogP contribution in [0.5, 0.6) is 11.5 Å². The van der Waals surface area contributed by atoms with Crippen LogP contribution in [0.1, 0.15) is 29.4 Å². The summed E-state index contributed by atoms with van der Waals surface area (Å²) in [5, 5.41) is 8.48. The highest BCUT2D eigenvalue weighted by Gasteiger charge is 2.38. The zero-order valence-electron chi connectivity index (χ0n) is 20.3. The van der Waals surface area contributed by atoms with Gasteiger partial charge in [-0.3, -0.25) is 4.57 Å². The second-order valence-corrected chi connectivity index (χ2v) is 12.6. The predicted molar refractivity (Wildman–Crippen MR) is 136 cm³/mol. The summed E-state index contributed by atoms with van der Waals surface area (Å²) >= 11 is 0.306. The van der Waals surface area contributed by atoms with E-state index in [-0.39, 0.29) is 38.3 Å². The number of benzene rings is 2. The molecule has 0 aliphatic carbocycles. The minimum absolute atomic E-state index is 0.0523. The third-order valence-electron chi connectivity index (χ3n) is 5.35. The lowest BCUT2D eigenvalue weighted by atomic mass is 10.1. The molecule has 0 saturated heterocycles. The molecule has 0 spiro atoms. The van der Waals surface area contributed by atoms with Crippen LogP contribution in [-0.4, -0.2) is 44.5 Å². The molecule has 0 radical (unpaired) electrons. The molecule has 0 amide bonds. The summed E-state index contributed by atoms with van der Waals surface area (Å²) in [6.45, 7) is 0.925. The lowest BCUT2D eigenvalue weighted by molar-refractivity contribution is 0.258. The van der Waals surface area contributed by atoms with Gasteiger partial charge in [-0.1, -0.05) is 13.0 Å². The van der Waals surface area contributed by atoms with Crippen LogP contribution in [0.15, 0.2) is 22.4 Å². The molecule has 1 atom stereocenters. The Hall–Kier alpha value is -2.74. The molecule has 3 aromatic rings. The molecule has 0 bridgehead atoms. The van der Waals surface area contributed by atoms with Crippen LogP contribution >= 0.6 is 18.9 Å². The fraction of sp³-hybridized carbons (Fsp3) is 0.318. The molecule has 0 fully saturated rings. The summed E-state index contributed by atoms with van der Waals surface area (Å²) in [4.78, 5) is 19.8. The van der Waals surface area contributed by atoms with E-state index in [0.717, 1.165) is 12.1 Å². The second kappa shape index (κ2) is 12.2. The Morgan fingerprint density at radius 3 is 2.21 bits per heavy atom. The van der Waals surface area contributed by atoms with Crippen molar-refractivity contribution in [2.75, 3.05) is 26.3 Å². The molecular formula is C22H24F3N4O7PS2. The maximum atomic E-state index is 15.7. The van der Waals surface area contributed by atoms with Crippen LogP contribution < -0.4 is 25.7 Å². The average molecular weight is 609 g/mol. The number of fused-ring (bicyclic) bond motifs is 1. The van der Waals surface area contributed by atoms with Crippen LogP contribution in [0.4, 0.5) is 13.2 Å². The van der Waals surface area contributed by atoms with E-state index < -0.39 is 77.8 Å². The normalized spacial score (nSPS) is 12.9. The predicted octanol–water partition coefficient (Wildman–Crippen LogP) is 2.58. The van der Waals surface area contributed by atoms with Gasteiger partial charge in [0.1, 0.15) is 35.1 Å². The fourth-order valence-electron chi connectivity index (χ4n) is 3.69. The number of nitrogens with two attached hydrogens (primary N) is 2. The summed E-state index contributed by atoms with van der Waals surface area (Å²) in [5.41, 5.74) is 9.70. The van der Waals surface area contributed by atoms with E-state index in [1.165, 1.54) is 13.0 Å². The SMILES string of the molecule is CCc1c(S(=O)(=O)NC(c2ccc(C#N)c(F)c2)P(=O)(O)O)sc2c(F)c(OCCN)c(OCCN)c(F)c12. The van der Waals surface area contributed by atoms with Gasteiger partial charge in [0.05, 0.1) is 10.3 Å². The number of hydrogen-bond acceptors (Lipinski definition) is 9. The number of sulfonamides is 1. The van der Waals surface area contributed by atoms with Gasteiger partial charge in [-0.15, -0.1) is 11.3 Å². The molecule has 1 aromatic heterocycles. The quantitative estimate of drug-likeness (QED) is 0.191. The maximum absolute atomic E-state index is 15.7. The van der Waals surface area contributed by atoms with Crippen molar-refractivity contribution in [1.82, 2.24) is 4.72 Å². The molecule has 1 heterocycles. The van der Waals surface area contributed by atoms with E-state index in [9.17, 15) is 27.2 Å². The van der Waals surface area contributed by atoms with Crippen molar-refractivity contribution in [2.45, 2.75) is 23.3 Å². The van der Waals surface area contributed by atoms with Gasteiger partial charge < -0.3 is 30.7 Å². The number of rotatable bonds is 12. The third kappa shape index (κ3) is 6.21. The number of nitriles is 1. The molecule has 17 heteroatoms. The zero-order valence-corrected chi connectivity index (χ0v) is 22.8. The summed E-state index contributed by atoms with van der Waals surface area (Å²) in [5.74, 6) is -6.94. The minimum atomic E-state index is -5.32. The number of halogens is 3. The van der Waals surface area contributed by atoms with Crippen molar-refractivity contribution in [1.29, 1.82) is 5.26 Å². The number of nitrogens with one attached hydrogen (secondary N) is 1. The highest BCUT2D eigenvalue weighted by molar-refractivity contribution is 7.92. The standard InChI is InChI=1S/C22H24F3N4O7PS2/c1-2-13-15-16(24)18(35-7-5-26)19(36-8-6-27)17(25)20(15)38-22(13)39(33,34)29-21(37(30,31)32)11-3-4-12(10-28)14(23)9-11/h3-4,9,21,29H,2,5-8,26-27H2,1H3,(H2,30,31,32). The van der Waals surface area contributed by atoms with Crippen molar-refractivity contribution in [3.63, 3.8) is 0 Å². The Balaban J connectivity index is 2.23. The molecule has 3 rings (SSSR count). The summed E-state index contributed by atoms with van der Waals surface area (Å²) in [7, 11) is -10.2. The zero-order chi connectivity index (χ0) is 29.1. The maximum Gasteiger partial charge on any atom is 0.347 e. The van der Waals surface area contributed by atoms with Crippen molar-refractivity contribution in [3.8, 4) is 17.6 Å². The number of thiophene rings is 1. The first-order chi connectivity index (χ1) is 18.3. The molecule has 7 N–H and O–H groups in total. The van der Waals surface area contributed by atoms with Gasteiger partial charge in [0.25, 0.3) is 10.0 Å². The highest BCUT2D eigenvalue weighted by Crippen LogP contribution is 2.52. The second-order valence-electron chi connectivity index (χ2n) is 7.95. The Morgan fingerprint density at radius 1 is 1.13 bits per heavy atom. The molecular weight excluding hydrogens is 584 g/mol. The van der Waals surface area contributed by atoms with Gasteiger partial charge in [0, 0.05) is 18.5 Å². The molecule has 11 nitrogen and oxygen atoms in total. The molecule has 0 aliphatic rings. The first-order valence-electron chi connectivity index (χ1n) is 11.2. The van der Waals surface area contributed by atoms with Crippen molar-refractivity contribution in [2.24, 2.45) is 11.5 Å². The van der Waals surface area contributed by atoms with Crippen LogP contribution in [0.3, 0.4) is 0 Å². The number of aryl methyl sites for hydroxylation is 1. The van der Waals surface area contributed by atoms with Crippen LogP contribution in [-0.2, 0) is 21.0 Å². The van der Waals surface area contributed by atoms with E-state index in [4.69, 9.17) is 26.2 Å². The van der Waals surface area contributed by atoms with Gasteiger partial charge in [-0.05, 0) is 29.7 Å². The topological polar surface area (TPSA) is 198 Å². The molecule has 212 valence electrons. The molecule has 0 saturated carbocycles. The Morgan fingerprint density at radius 2 is 1.72 bits per heavy atom. The lowest BCUT2D eigenvalue weighted by Gasteiger charge is -2.20. The minimum Gasteiger partial charge on any atom is -0.486 e. The van der Waals surface area contributed by atoms with E-state index in [0.29, 0.717) is 17.4 Å². The van der Waals surface area contributed by atoms with Gasteiger partial charge in [0.2, 0.25) is 11.5 Å². The van der Waals surface area contributed by atoms with E-state index in [1.807, 2.05) is 4.72 Å². The first kappa shape index (κ1) is 30.8. The average Bonchev–Trinajstić information content (AvgIpc) is 3.28. The third-order valence-corrected chi connectivity index (χ3v) is 9.84. The molecule has 2 aromatic carbocycles. The van der Waals surface area contributed by atoms with Gasteiger partial charge >= 0.3 is 7.60 Å². The Bertz CT molecular complexity index is 1590. The van der Waals surface area contributed by atoms with E-state index >= 15 is 8.78 Å². The van der Waals surface area contributed by atoms with Crippen LogP contribution in [0, 0.1) is 28.8 Å². The monoisotopic (exact) mass is 608 g/mol. The van der Waals surface area contributed by atoms with Crippen molar-refractivity contribution >= 4 is 39.0 Å². The van der Waals surface area contributed by atoms with Gasteiger partial charge in [-0.2, -0.15) is 9.98 Å². The van der Waals surface area contributed by atoms with Gasteiger partial charge in [-0.25, -0.2) is 21.6 Å². The number of hydrogen-bond donors (Lipinski definition) is 5. The summed E-state index contributed by atoms with van der Waals surface area (Å²) in [6, 6.07) is 4.05. The summed E-state index contributed by atoms with van der Waals surface area (Å²) in [6.07, 6.45) is -0.141. The number of ether oxygens (including phenoxy) is 2. The lowest BCUT2D eigenvalue weighted by Crippen LogP contribution is -2.29. The first-order valence-corrected chi connectivity index (χ1v) is 15.2. The van der Waals surface area contributed by atoms with E-state index in [1.54, 1.807) is 0 Å². The van der Waals surface area contributed by atoms with Crippen molar-refractivity contribution in [3.05, 3.63) is 52.3 Å². The highest BCUT2D eigenvalue weighted by atomic mass is 32.2. The molecule has 39 heavy (non-hydrogen) atoms. The molecule has 0 aliphatic heterocycles.